The van der Waals surface area contributed by atoms with E-state index in [1.165, 1.54) is 12.1 Å². The number of aromatic nitrogens is 4. The van der Waals surface area contributed by atoms with Gasteiger partial charge in [-0.05, 0) is 38.0 Å². The van der Waals surface area contributed by atoms with Gasteiger partial charge in [0.05, 0.1) is 23.6 Å². The third-order valence-corrected chi connectivity index (χ3v) is 5.14. The lowest BCUT2D eigenvalue weighted by Crippen LogP contribution is -2.34. The molecule has 1 atom stereocenters. The average Bonchev–Trinajstić information content (AvgIpc) is 3.34. The first-order chi connectivity index (χ1) is 14.3. The summed E-state index contributed by atoms with van der Waals surface area (Å²) in [4.78, 5) is 21.3. The number of hydrogen-bond acceptors (Lipinski definition) is 5. The lowest BCUT2D eigenvalue weighted by Gasteiger charge is -2.14. The molecule has 1 aromatic carbocycles. The van der Waals surface area contributed by atoms with Crippen LogP contribution in [0.4, 0.5) is 4.39 Å². The number of H-pyrrole nitrogens is 1. The van der Waals surface area contributed by atoms with E-state index in [-0.39, 0.29) is 30.3 Å². The molecule has 8 heteroatoms. The number of carbonyl (C=O) groups excluding carboxylic acids is 1. The van der Waals surface area contributed by atoms with E-state index < -0.39 is 0 Å². The summed E-state index contributed by atoms with van der Waals surface area (Å²) in [7, 11) is 0. The predicted octanol–water partition coefficient (Wildman–Crippen LogP) is 3.48. The lowest BCUT2D eigenvalue weighted by atomic mass is 10.0. The molecule has 156 valence electrons. The van der Waals surface area contributed by atoms with Crippen LogP contribution in [0.5, 0.6) is 5.75 Å². The van der Waals surface area contributed by atoms with E-state index in [2.05, 4.69) is 25.5 Å². The van der Waals surface area contributed by atoms with E-state index in [0.29, 0.717) is 34.8 Å². The Hall–Kier alpha value is -3.29. The number of benzene rings is 1. The van der Waals surface area contributed by atoms with Gasteiger partial charge in [-0.25, -0.2) is 9.37 Å². The van der Waals surface area contributed by atoms with Crippen molar-refractivity contribution in [3.05, 3.63) is 58.6 Å². The number of rotatable bonds is 5. The normalized spacial score (nSPS) is 15.2. The number of ether oxygens (including phenoxy) is 1. The summed E-state index contributed by atoms with van der Waals surface area (Å²) in [6, 6.07) is 4.65. The Balaban J connectivity index is 1.50. The third-order valence-electron chi connectivity index (χ3n) is 5.14. The van der Waals surface area contributed by atoms with Crippen molar-refractivity contribution in [1.29, 1.82) is 0 Å². The SMILES string of the molecule is Cc1cnc(C)c(-c2cc(F)cc3c2O[C@@H](CNC(=O)c2cc(C(C)C)[nH]n2)C3)n1. The number of amides is 1. The smallest absolute Gasteiger partial charge is 0.271 e. The van der Waals surface area contributed by atoms with Crippen LogP contribution in [0.1, 0.15) is 52.9 Å². The van der Waals surface area contributed by atoms with Crippen LogP contribution < -0.4 is 10.1 Å². The Bertz CT molecular complexity index is 1110. The summed E-state index contributed by atoms with van der Waals surface area (Å²) in [5, 5.41) is 9.79. The fraction of sp³-hybridized carbons (Fsp3) is 0.364. The van der Waals surface area contributed by atoms with Crippen molar-refractivity contribution >= 4 is 5.91 Å². The van der Waals surface area contributed by atoms with Crippen molar-refractivity contribution in [3.63, 3.8) is 0 Å². The van der Waals surface area contributed by atoms with E-state index in [0.717, 1.165) is 17.0 Å². The second-order valence-electron chi connectivity index (χ2n) is 7.90. The zero-order valence-electron chi connectivity index (χ0n) is 17.4. The van der Waals surface area contributed by atoms with Crippen molar-refractivity contribution in [2.45, 2.75) is 46.1 Å². The van der Waals surface area contributed by atoms with Gasteiger partial charge in [-0.3, -0.25) is 14.9 Å². The van der Waals surface area contributed by atoms with Crippen LogP contribution in [-0.4, -0.2) is 38.7 Å². The Morgan fingerprint density at radius 3 is 2.87 bits per heavy atom. The molecule has 7 nitrogen and oxygen atoms in total. The van der Waals surface area contributed by atoms with Gasteiger partial charge in [-0.15, -0.1) is 0 Å². The van der Waals surface area contributed by atoms with E-state index in [4.69, 9.17) is 4.74 Å². The molecule has 0 radical (unpaired) electrons. The largest absolute Gasteiger partial charge is 0.487 e. The standard InChI is InChI=1S/C22H24FN5O2/c1-11(2)18-8-19(28-27-18)22(29)25-10-16-6-14-5-15(23)7-17(21(14)30-16)20-13(4)24-9-12(3)26-20/h5,7-9,11,16H,6,10H2,1-4H3,(H,25,29)(H,27,28)/t16-/m1/s1. The fourth-order valence-electron chi connectivity index (χ4n) is 3.52. The summed E-state index contributed by atoms with van der Waals surface area (Å²) in [6.45, 7) is 8.01. The molecule has 1 aliphatic heterocycles. The van der Waals surface area contributed by atoms with Gasteiger partial charge in [0.15, 0.2) is 0 Å². The van der Waals surface area contributed by atoms with E-state index in [9.17, 15) is 9.18 Å². The highest BCUT2D eigenvalue weighted by Gasteiger charge is 2.29. The fourth-order valence-corrected chi connectivity index (χ4v) is 3.52. The Kier molecular flexibility index (Phi) is 5.24. The molecule has 30 heavy (non-hydrogen) atoms. The number of aryl methyl sites for hydroxylation is 2. The highest BCUT2D eigenvalue weighted by Crippen LogP contribution is 2.39. The molecule has 2 aromatic heterocycles. The number of carbonyl (C=O) groups is 1. The van der Waals surface area contributed by atoms with Gasteiger partial charge in [0, 0.05) is 29.4 Å². The van der Waals surface area contributed by atoms with Gasteiger partial charge >= 0.3 is 0 Å². The van der Waals surface area contributed by atoms with Gasteiger partial charge < -0.3 is 10.1 Å². The minimum Gasteiger partial charge on any atom is -0.487 e. The highest BCUT2D eigenvalue weighted by molar-refractivity contribution is 5.92. The molecule has 0 fully saturated rings. The van der Waals surface area contributed by atoms with Gasteiger partial charge in [-0.1, -0.05) is 13.8 Å². The van der Waals surface area contributed by atoms with Crippen LogP contribution in [0.2, 0.25) is 0 Å². The molecule has 2 N–H and O–H groups in total. The molecule has 0 saturated heterocycles. The first-order valence-electron chi connectivity index (χ1n) is 9.95. The first-order valence-corrected chi connectivity index (χ1v) is 9.95. The Morgan fingerprint density at radius 1 is 1.33 bits per heavy atom. The molecule has 0 aliphatic carbocycles. The molecule has 0 unspecified atom stereocenters. The number of halogens is 1. The van der Waals surface area contributed by atoms with Crippen LogP contribution in [-0.2, 0) is 6.42 Å². The van der Waals surface area contributed by atoms with E-state index in [1.807, 2.05) is 27.7 Å². The van der Waals surface area contributed by atoms with E-state index >= 15 is 0 Å². The third kappa shape index (κ3) is 3.90. The first kappa shape index (κ1) is 20.0. The van der Waals surface area contributed by atoms with Crippen molar-refractivity contribution in [1.82, 2.24) is 25.5 Å². The number of nitrogens with zero attached hydrogens (tertiary/aromatic N) is 3. The van der Waals surface area contributed by atoms with Gasteiger partial charge in [0.1, 0.15) is 23.4 Å². The van der Waals surface area contributed by atoms with Crippen molar-refractivity contribution in [2.75, 3.05) is 6.54 Å². The van der Waals surface area contributed by atoms with Crippen molar-refractivity contribution < 1.29 is 13.9 Å². The van der Waals surface area contributed by atoms with Gasteiger partial charge in [0.25, 0.3) is 5.91 Å². The number of aromatic amines is 1. The molecular weight excluding hydrogens is 385 g/mol. The van der Waals surface area contributed by atoms with Gasteiger partial charge in [-0.2, -0.15) is 5.10 Å². The second kappa shape index (κ2) is 7.85. The van der Waals surface area contributed by atoms with Gasteiger partial charge in [0.2, 0.25) is 0 Å². The molecule has 1 amide bonds. The van der Waals surface area contributed by atoms with Crippen LogP contribution in [0.15, 0.2) is 24.4 Å². The summed E-state index contributed by atoms with van der Waals surface area (Å²) >= 11 is 0. The quantitative estimate of drug-likeness (QED) is 0.673. The van der Waals surface area contributed by atoms with Crippen LogP contribution in [0, 0.1) is 19.7 Å². The number of nitrogens with one attached hydrogen (secondary N) is 2. The maximum atomic E-state index is 14.3. The molecule has 0 spiro atoms. The minimum atomic E-state index is -0.350. The molecule has 3 aromatic rings. The molecule has 3 heterocycles. The monoisotopic (exact) mass is 409 g/mol. The van der Waals surface area contributed by atoms with Crippen LogP contribution >= 0.6 is 0 Å². The average molecular weight is 409 g/mol. The maximum Gasteiger partial charge on any atom is 0.271 e. The molecule has 0 saturated carbocycles. The lowest BCUT2D eigenvalue weighted by molar-refractivity contribution is 0.0928. The summed E-state index contributed by atoms with van der Waals surface area (Å²) in [5.41, 5.74) is 4.64. The highest BCUT2D eigenvalue weighted by atomic mass is 19.1. The zero-order chi connectivity index (χ0) is 21.4. The van der Waals surface area contributed by atoms with Crippen LogP contribution in [0.25, 0.3) is 11.3 Å². The topological polar surface area (TPSA) is 92.8 Å². The van der Waals surface area contributed by atoms with E-state index in [1.54, 1.807) is 12.3 Å². The van der Waals surface area contributed by atoms with Crippen molar-refractivity contribution in [3.8, 4) is 17.0 Å². The predicted molar refractivity (Wildman–Crippen MR) is 110 cm³/mol. The maximum absolute atomic E-state index is 14.3. The molecule has 0 bridgehead atoms. The molecule has 4 rings (SSSR count). The summed E-state index contributed by atoms with van der Waals surface area (Å²) in [6.07, 6.45) is 1.87. The van der Waals surface area contributed by atoms with Crippen molar-refractivity contribution in [2.24, 2.45) is 0 Å². The number of hydrogen-bond donors (Lipinski definition) is 2. The summed E-state index contributed by atoms with van der Waals surface area (Å²) < 4.78 is 20.4. The second-order valence-corrected chi connectivity index (χ2v) is 7.90. The summed E-state index contributed by atoms with van der Waals surface area (Å²) in [5.74, 6) is 0.232. The molecular formula is C22H24FN5O2. The number of fused-ring (bicyclic) bond motifs is 1. The van der Waals surface area contributed by atoms with Crippen LogP contribution in [0.3, 0.4) is 0 Å². The Morgan fingerprint density at radius 2 is 2.13 bits per heavy atom. The minimum absolute atomic E-state index is 0.258. The molecule has 1 aliphatic rings. The Labute approximate surface area is 174 Å². The zero-order valence-corrected chi connectivity index (χ0v) is 17.4.